The molecular formula is C19H23NO5. The number of ether oxygens (including phenoxy) is 2. The number of hydrogen-bond acceptors (Lipinski definition) is 5. The average molecular weight is 345 g/mol. The van der Waals surface area contributed by atoms with Crippen LogP contribution in [0.1, 0.15) is 36.8 Å². The molecule has 2 bridgehead atoms. The quantitative estimate of drug-likeness (QED) is 0.757. The van der Waals surface area contributed by atoms with Crippen LogP contribution in [-0.4, -0.2) is 53.1 Å². The second-order valence-electron chi connectivity index (χ2n) is 7.95. The molecule has 1 saturated carbocycles. The molecule has 3 unspecified atom stereocenters. The van der Waals surface area contributed by atoms with Gasteiger partial charge in [-0.05, 0) is 36.8 Å². The zero-order valence-corrected chi connectivity index (χ0v) is 14.1. The molecule has 3 atom stereocenters. The van der Waals surface area contributed by atoms with Crippen molar-refractivity contribution < 1.29 is 24.5 Å². The summed E-state index contributed by atoms with van der Waals surface area (Å²) in [5, 5.41) is 20.7. The molecule has 0 aromatic heterocycles. The van der Waals surface area contributed by atoms with E-state index in [0.717, 1.165) is 36.8 Å². The van der Waals surface area contributed by atoms with Gasteiger partial charge in [0.05, 0.1) is 13.2 Å². The highest BCUT2D eigenvalue weighted by molar-refractivity contribution is 5.56. The molecule has 2 aliphatic heterocycles. The summed E-state index contributed by atoms with van der Waals surface area (Å²) in [6, 6.07) is 3.29. The van der Waals surface area contributed by atoms with Gasteiger partial charge in [0.25, 0.3) is 0 Å². The Kier molecular flexibility index (Phi) is 3.16. The van der Waals surface area contributed by atoms with Crippen LogP contribution in [0, 0.1) is 5.92 Å². The molecule has 6 nitrogen and oxygen atoms in total. The van der Waals surface area contributed by atoms with Crippen molar-refractivity contribution in [2.45, 2.75) is 49.3 Å². The third-order valence-electron chi connectivity index (χ3n) is 6.90. The van der Waals surface area contributed by atoms with E-state index in [1.165, 1.54) is 6.07 Å². The van der Waals surface area contributed by atoms with Crippen LogP contribution in [-0.2, 0) is 26.1 Å². The topological polar surface area (TPSA) is 79.2 Å². The van der Waals surface area contributed by atoms with Crippen LogP contribution < -0.4 is 0 Å². The second-order valence-corrected chi connectivity index (χ2v) is 7.95. The Bertz CT molecular complexity index is 729. The van der Waals surface area contributed by atoms with Crippen molar-refractivity contribution in [3.8, 4) is 11.5 Å². The Morgan fingerprint density at radius 2 is 2.00 bits per heavy atom. The largest absolute Gasteiger partial charge is 0.508 e. The van der Waals surface area contributed by atoms with E-state index in [0.29, 0.717) is 32.6 Å². The molecule has 6 heteroatoms. The van der Waals surface area contributed by atoms with Gasteiger partial charge in [0.15, 0.2) is 5.79 Å². The fourth-order valence-corrected chi connectivity index (χ4v) is 6.07. The maximum atomic E-state index is 11.6. The summed E-state index contributed by atoms with van der Waals surface area (Å²) in [6.45, 7) is 1.90. The number of phenols is 2. The Morgan fingerprint density at radius 3 is 2.76 bits per heavy atom. The van der Waals surface area contributed by atoms with Crippen LogP contribution in [0.25, 0.3) is 0 Å². The number of hydrogen-bond donors (Lipinski definition) is 2. The van der Waals surface area contributed by atoms with Crippen LogP contribution >= 0.6 is 0 Å². The molecule has 1 amide bonds. The van der Waals surface area contributed by atoms with Crippen LogP contribution in [0.5, 0.6) is 11.5 Å². The number of likely N-dealkylation sites (tertiary alicyclic amines) is 1. The first-order chi connectivity index (χ1) is 12.1. The van der Waals surface area contributed by atoms with E-state index in [1.54, 1.807) is 6.07 Å². The first kappa shape index (κ1) is 15.5. The number of aromatic hydroxyl groups is 2. The van der Waals surface area contributed by atoms with Crippen molar-refractivity contribution in [2.75, 3.05) is 19.8 Å². The molecule has 3 fully saturated rings. The first-order valence-electron chi connectivity index (χ1n) is 9.11. The smallest absolute Gasteiger partial charge is 0.209 e. The summed E-state index contributed by atoms with van der Waals surface area (Å²) in [5.74, 6) is -0.0508. The SMILES string of the molecule is O=CN1CCC23CC4(CCC2C1Cc1cc(O)cc(O)c13)OCCO4. The highest BCUT2D eigenvalue weighted by atomic mass is 16.7. The number of phenolic OH excluding ortho intramolecular Hbond substituents is 2. The van der Waals surface area contributed by atoms with E-state index in [9.17, 15) is 15.0 Å². The Morgan fingerprint density at radius 1 is 1.20 bits per heavy atom. The van der Waals surface area contributed by atoms with Gasteiger partial charge in [-0.1, -0.05) is 0 Å². The minimum absolute atomic E-state index is 0.0701. The molecule has 1 aromatic carbocycles. The number of piperidine rings is 1. The molecular weight excluding hydrogens is 322 g/mol. The molecule has 4 aliphatic rings. The van der Waals surface area contributed by atoms with Gasteiger partial charge in [-0.2, -0.15) is 0 Å². The molecule has 5 rings (SSSR count). The third kappa shape index (κ3) is 2.01. The van der Waals surface area contributed by atoms with Crippen molar-refractivity contribution in [2.24, 2.45) is 5.92 Å². The minimum Gasteiger partial charge on any atom is -0.508 e. The normalized spacial score (nSPS) is 35.3. The van der Waals surface area contributed by atoms with Gasteiger partial charge in [-0.3, -0.25) is 4.79 Å². The van der Waals surface area contributed by atoms with Crippen LogP contribution in [0.4, 0.5) is 0 Å². The molecule has 2 heterocycles. The van der Waals surface area contributed by atoms with Gasteiger partial charge in [0, 0.05) is 42.5 Å². The van der Waals surface area contributed by atoms with E-state index in [4.69, 9.17) is 9.47 Å². The number of nitrogens with zero attached hydrogens (tertiary/aromatic N) is 1. The highest BCUT2D eigenvalue weighted by Gasteiger charge is 2.61. The van der Waals surface area contributed by atoms with Gasteiger partial charge < -0.3 is 24.6 Å². The van der Waals surface area contributed by atoms with Crippen molar-refractivity contribution in [1.82, 2.24) is 4.90 Å². The lowest BCUT2D eigenvalue weighted by atomic mass is 9.51. The lowest BCUT2D eigenvalue weighted by Crippen LogP contribution is -2.64. The van der Waals surface area contributed by atoms with Gasteiger partial charge in [0.1, 0.15) is 11.5 Å². The second kappa shape index (κ2) is 5.11. The summed E-state index contributed by atoms with van der Waals surface area (Å²) in [4.78, 5) is 13.5. The maximum absolute atomic E-state index is 11.6. The maximum Gasteiger partial charge on any atom is 0.209 e. The van der Waals surface area contributed by atoms with Gasteiger partial charge in [-0.25, -0.2) is 0 Å². The number of carbonyl (C=O) groups excluding carboxylic acids is 1. The van der Waals surface area contributed by atoms with E-state index >= 15 is 0 Å². The van der Waals surface area contributed by atoms with Crippen LogP contribution in [0.15, 0.2) is 12.1 Å². The number of fused-ring (bicyclic) bond motifs is 1. The fourth-order valence-electron chi connectivity index (χ4n) is 6.07. The van der Waals surface area contributed by atoms with E-state index in [-0.39, 0.29) is 28.9 Å². The lowest BCUT2D eigenvalue weighted by Gasteiger charge is -2.60. The molecule has 1 spiro atoms. The molecule has 2 saturated heterocycles. The van der Waals surface area contributed by atoms with Crippen molar-refractivity contribution in [3.63, 3.8) is 0 Å². The summed E-state index contributed by atoms with van der Waals surface area (Å²) in [6.07, 6.45) is 4.86. The number of amides is 1. The molecule has 2 aliphatic carbocycles. The van der Waals surface area contributed by atoms with Gasteiger partial charge in [0.2, 0.25) is 6.41 Å². The predicted molar refractivity (Wildman–Crippen MR) is 88.3 cm³/mol. The molecule has 25 heavy (non-hydrogen) atoms. The zero-order chi connectivity index (χ0) is 17.2. The monoisotopic (exact) mass is 345 g/mol. The summed E-state index contributed by atoms with van der Waals surface area (Å²) < 4.78 is 12.0. The van der Waals surface area contributed by atoms with Crippen molar-refractivity contribution >= 4 is 6.41 Å². The number of benzene rings is 1. The molecule has 1 aromatic rings. The van der Waals surface area contributed by atoms with Gasteiger partial charge in [-0.15, -0.1) is 0 Å². The molecule has 2 N–H and O–H groups in total. The van der Waals surface area contributed by atoms with Crippen molar-refractivity contribution in [3.05, 3.63) is 23.3 Å². The van der Waals surface area contributed by atoms with E-state index in [1.807, 2.05) is 4.90 Å². The first-order valence-corrected chi connectivity index (χ1v) is 9.11. The summed E-state index contributed by atoms with van der Waals surface area (Å²) in [7, 11) is 0. The lowest BCUT2D eigenvalue weighted by molar-refractivity contribution is -0.213. The standard InChI is InChI=1S/C19H23NO5/c21-11-20-4-3-18-10-19(24-5-6-25-19)2-1-14(18)15(20)8-12-7-13(22)9-16(23)17(12)18/h7,9,11,14-15,22-23H,1-6,8,10H2. The molecule has 0 radical (unpaired) electrons. The number of rotatable bonds is 1. The Balaban J connectivity index is 1.69. The minimum atomic E-state index is -0.566. The van der Waals surface area contributed by atoms with Gasteiger partial charge >= 0.3 is 0 Å². The third-order valence-corrected chi connectivity index (χ3v) is 6.90. The summed E-state index contributed by atoms with van der Waals surface area (Å²) in [5.41, 5.74) is 1.62. The van der Waals surface area contributed by atoms with Crippen LogP contribution in [0.2, 0.25) is 0 Å². The predicted octanol–water partition coefficient (Wildman–Crippen LogP) is 1.67. The summed E-state index contributed by atoms with van der Waals surface area (Å²) >= 11 is 0. The average Bonchev–Trinajstić information content (AvgIpc) is 3.01. The molecule has 134 valence electrons. The van der Waals surface area contributed by atoms with E-state index < -0.39 is 5.79 Å². The zero-order valence-electron chi connectivity index (χ0n) is 14.1. The Labute approximate surface area is 146 Å². The van der Waals surface area contributed by atoms with Crippen molar-refractivity contribution in [1.29, 1.82) is 0 Å². The number of carbonyl (C=O) groups is 1. The highest BCUT2D eigenvalue weighted by Crippen LogP contribution is 2.61. The Hall–Kier alpha value is -1.79. The fraction of sp³-hybridized carbons (Fsp3) is 0.632. The van der Waals surface area contributed by atoms with E-state index in [2.05, 4.69) is 0 Å². The van der Waals surface area contributed by atoms with Crippen LogP contribution in [0.3, 0.4) is 0 Å².